The van der Waals surface area contributed by atoms with Crippen LogP contribution in [0.2, 0.25) is 0 Å². The molecule has 6 heteroatoms. The highest BCUT2D eigenvalue weighted by Gasteiger charge is 2.09. The summed E-state index contributed by atoms with van der Waals surface area (Å²) in [4.78, 5) is 11.9. The second-order valence-electron chi connectivity index (χ2n) is 3.81. The fourth-order valence-electron chi connectivity index (χ4n) is 1.56. The third kappa shape index (κ3) is 2.42. The highest BCUT2D eigenvalue weighted by atomic mass is 16.5. The molecule has 0 fully saturated rings. The summed E-state index contributed by atoms with van der Waals surface area (Å²) in [5, 5.41) is 6.69. The molecule has 0 saturated heterocycles. The Balaban J connectivity index is 2.16. The number of anilines is 2. The summed E-state index contributed by atoms with van der Waals surface area (Å²) in [5.41, 5.74) is 7.28. The van der Waals surface area contributed by atoms with Gasteiger partial charge < -0.3 is 15.8 Å². The Morgan fingerprint density at radius 1 is 1.50 bits per heavy atom. The van der Waals surface area contributed by atoms with Crippen LogP contribution in [0.5, 0.6) is 5.75 Å². The van der Waals surface area contributed by atoms with Crippen molar-refractivity contribution < 1.29 is 9.53 Å². The van der Waals surface area contributed by atoms with E-state index >= 15 is 0 Å². The number of nitrogens with one attached hydrogen (secondary N) is 1. The number of rotatable bonds is 3. The van der Waals surface area contributed by atoms with Gasteiger partial charge in [0, 0.05) is 18.8 Å². The van der Waals surface area contributed by atoms with E-state index in [0.717, 1.165) is 0 Å². The highest BCUT2D eigenvalue weighted by molar-refractivity contribution is 6.04. The first-order valence-electron chi connectivity index (χ1n) is 5.33. The second-order valence-corrected chi connectivity index (χ2v) is 3.81. The molecule has 1 amide bonds. The number of aromatic nitrogens is 2. The molecule has 2 aromatic rings. The van der Waals surface area contributed by atoms with E-state index in [0.29, 0.717) is 22.7 Å². The van der Waals surface area contributed by atoms with Gasteiger partial charge in [0.1, 0.15) is 5.75 Å². The smallest absolute Gasteiger partial charge is 0.255 e. The molecular formula is C12H14N4O2. The molecule has 0 atom stereocenters. The monoisotopic (exact) mass is 246 g/mol. The van der Waals surface area contributed by atoms with Crippen molar-refractivity contribution in [1.82, 2.24) is 9.78 Å². The van der Waals surface area contributed by atoms with Crippen LogP contribution in [-0.2, 0) is 7.05 Å². The van der Waals surface area contributed by atoms with E-state index in [4.69, 9.17) is 10.5 Å². The van der Waals surface area contributed by atoms with Gasteiger partial charge in [-0.1, -0.05) is 0 Å². The predicted molar refractivity (Wildman–Crippen MR) is 68.6 cm³/mol. The van der Waals surface area contributed by atoms with Gasteiger partial charge in [-0.15, -0.1) is 0 Å². The Labute approximate surface area is 104 Å². The van der Waals surface area contributed by atoms with E-state index < -0.39 is 0 Å². The number of amides is 1. The van der Waals surface area contributed by atoms with Crippen LogP contribution in [0.3, 0.4) is 0 Å². The van der Waals surface area contributed by atoms with Crippen molar-refractivity contribution in [1.29, 1.82) is 0 Å². The normalized spacial score (nSPS) is 10.1. The number of benzene rings is 1. The third-order valence-corrected chi connectivity index (χ3v) is 2.45. The maximum absolute atomic E-state index is 11.9. The number of hydrogen-bond acceptors (Lipinski definition) is 4. The summed E-state index contributed by atoms with van der Waals surface area (Å²) >= 11 is 0. The minimum atomic E-state index is -0.239. The molecule has 0 spiro atoms. The molecule has 6 nitrogen and oxygen atoms in total. The number of carbonyl (C=O) groups excluding carboxylic acids is 1. The Hall–Kier alpha value is -2.50. The zero-order chi connectivity index (χ0) is 13.1. The van der Waals surface area contributed by atoms with Crippen LogP contribution in [0.15, 0.2) is 30.6 Å². The van der Waals surface area contributed by atoms with E-state index in [-0.39, 0.29) is 5.91 Å². The van der Waals surface area contributed by atoms with Gasteiger partial charge in [0.25, 0.3) is 5.91 Å². The molecule has 3 N–H and O–H groups in total. The number of carbonyl (C=O) groups is 1. The lowest BCUT2D eigenvalue weighted by Gasteiger charge is -2.07. The standard InChI is InChI=1S/C12H14N4O2/c1-16-7-9(6-14-16)15-12(17)8-3-4-11(18-2)10(13)5-8/h3-7H,13H2,1-2H3,(H,15,17). The average Bonchev–Trinajstić information content (AvgIpc) is 2.74. The van der Waals surface area contributed by atoms with Crippen LogP contribution in [0, 0.1) is 0 Å². The van der Waals surface area contributed by atoms with E-state index in [1.165, 1.54) is 7.11 Å². The molecule has 2 rings (SSSR count). The van der Waals surface area contributed by atoms with Crippen LogP contribution in [0.1, 0.15) is 10.4 Å². The van der Waals surface area contributed by atoms with Crippen molar-refractivity contribution in [3.8, 4) is 5.75 Å². The van der Waals surface area contributed by atoms with E-state index in [1.807, 2.05) is 0 Å². The quantitative estimate of drug-likeness (QED) is 0.799. The lowest BCUT2D eigenvalue weighted by Crippen LogP contribution is -2.11. The number of nitrogens with two attached hydrogens (primary N) is 1. The molecule has 0 unspecified atom stereocenters. The number of nitrogens with zero attached hydrogens (tertiary/aromatic N) is 2. The Morgan fingerprint density at radius 3 is 2.83 bits per heavy atom. The van der Waals surface area contributed by atoms with E-state index in [2.05, 4.69) is 10.4 Å². The molecule has 1 heterocycles. The first kappa shape index (κ1) is 12.0. The SMILES string of the molecule is COc1ccc(C(=O)Nc2cnn(C)c2)cc1N. The number of ether oxygens (including phenoxy) is 1. The molecular weight excluding hydrogens is 232 g/mol. The highest BCUT2D eigenvalue weighted by Crippen LogP contribution is 2.22. The van der Waals surface area contributed by atoms with Crippen molar-refractivity contribution in [3.05, 3.63) is 36.2 Å². The molecule has 0 aliphatic carbocycles. The van der Waals surface area contributed by atoms with Crippen LogP contribution in [-0.4, -0.2) is 22.8 Å². The molecule has 0 saturated carbocycles. The summed E-state index contributed by atoms with van der Waals surface area (Å²) in [6, 6.07) is 4.89. The Kier molecular flexibility index (Phi) is 3.18. The van der Waals surface area contributed by atoms with Crippen molar-refractivity contribution >= 4 is 17.3 Å². The van der Waals surface area contributed by atoms with Gasteiger partial charge in [0.05, 0.1) is 24.7 Å². The maximum Gasteiger partial charge on any atom is 0.255 e. The van der Waals surface area contributed by atoms with Gasteiger partial charge in [-0.25, -0.2) is 0 Å². The molecule has 94 valence electrons. The van der Waals surface area contributed by atoms with Crippen LogP contribution in [0.25, 0.3) is 0 Å². The average molecular weight is 246 g/mol. The lowest BCUT2D eigenvalue weighted by atomic mass is 10.1. The van der Waals surface area contributed by atoms with Crippen LogP contribution < -0.4 is 15.8 Å². The molecule has 1 aromatic heterocycles. The summed E-state index contributed by atoms with van der Waals surface area (Å²) in [6.45, 7) is 0. The fourth-order valence-corrected chi connectivity index (χ4v) is 1.56. The summed E-state index contributed by atoms with van der Waals surface area (Å²) in [6.07, 6.45) is 3.29. The summed E-state index contributed by atoms with van der Waals surface area (Å²) in [7, 11) is 3.31. The molecule has 0 aliphatic heterocycles. The number of methoxy groups -OCH3 is 1. The van der Waals surface area contributed by atoms with E-state index in [9.17, 15) is 4.79 Å². The van der Waals surface area contributed by atoms with Crippen molar-refractivity contribution in [3.63, 3.8) is 0 Å². The largest absolute Gasteiger partial charge is 0.495 e. The van der Waals surface area contributed by atoms with Gasteiger partial charge in [0.15, 0.2) is 0 Å². The molecule has 1 aromatic carbocycles. The zero-order valence-corrected chi connectivity index (χ0v) is 10.2. The lowest BCUT2D eigenvalue weighted by molar-refractivity contribution is 0.102. The maximum atomic E-state index is 11.9. The van der Waals surface area contributed by atoms with Crippen molar-refractivity contribution in [2.24, 2.45) is 7.05 Å². The molecule has 18 heavy (non-hydrogen) atoms. The van der Waals surface area contributed by atoms with E-state index in [1.54, 1.807) is 42.3 Å². The molecule has 0 bridgehead atoms. The topological polar surface area (TPSA) is 82.2 Å². The number of aryl methyl sites for hydroxylation is 1. The minimum absolute atomic E-state index is 0.239. The van der Waals surface area contributed by atoms with Crippen molar-refractivity contribution in [2.45, 2.75) is 0 Å². The van der Waals surface area contributed by atoms with Crippen molar-refractivity contribution in [2.75, 3.05) is 18.2 Å². The fraction of sp³-hybridized carbons (Fsp3) is 0.167. The predicted octanol–water partition coefficient (Wildman–Crippen LogP) is 1.26. The molecule has 0 radical (unpaired) electrons. The Morgan fingerprint density at radius 2 is 2.28 bits per heavy atom. The van der Waals surface area contributed by atoms with Crippen LogP contribution in [0.4, 0.5) is 11.4 Å². The van der Waals surface area contributed by atoms with Gasteiger partial charge in [-0.05, 0) is 18.2 Å². The van der Waals surface area contributed by atoms with Gasteiger partial charge in [0.2, 0.25) is 0 Å². The number of hydrogen-bond donors (Lipinski definition) is 2. The third-order valence-electron chi connectivity index (χ3n) is 2.45. The second kappa shape index (κ2) is 4.79. The minimum Gasteiger partial charge on any atom is -0.495 e. The summed E-state index contributed by atoms with van der Waals surface area (Å²) < 4.78 is 6.64. The Bertz CT molecular complexity index is 577. The first-order chi connectivity index (χ1) is 8.60. The van der Waals surface area contributed by atoms with Gasteiger partial charge in [-0.2, -0.15) is 5.10 Å². The molecule has 0 aliphatic rings. The van der Waals surface area contributed by atoms with Gasteiger partial charge >= 0.3 is 0 Å². The van der Waals surface area contributed by atoms with Gasteiger partial charge in [-0.3, -0.25) is 9.48 Å². The number of nitrogen functional groups attached to an aromatic ring is 1. The summed E-state index contributed by atoms with van der Waals surface area (Å²) in [5.74, 6) is 0.310. The van der Waals surface area contributed by atoms with Crippen LogP contribution >= 0.6 is 0 Å². The zero-order valence-electron chi connectivity index (χ0n) is 10.2. The first-order valence-corrected chi connectivity index (χ1v) is 5.33.